The number of aromatic nitrogens is 1. The second-order valence-corrected chi connectivity index (χ2v) is 10.9. The summed E-state index contributed by atoms with van der Waals surface area (Å²) < 4.78 is 32.3. The number of nitrogens with zero attached hydrogens (tertiary/aromatic N) is 2. The third-order valence-electron chi connectivity index (χ3n) is 6.13. The molecule has 2 saturated carbocycles. The molecular weight excluding hydrogens is 392 g/mol. The summed E-state index contributed by atoms with van der Waals surface area (Å²) in [5, 5.41) is 10.2. The maximum absolute atomic E-state index is 12.7. The molecule has 2 N–H and O–H groups in total. The third-order valence-corrected chi connectivity index (χ3v) is 8.20. The molecule has 1 aliphatic heterocycles. The van der Waals surface area contributed by atoms with Crippen LogP contribution in [0.15, 0.2) is 10.6 Å². The Hall–Kier alpha value is -1.45. The van der Waals surface area contributed by atoms with Crippen molar-refractivity contribution in [2.45, 2.75) is 69.9 Å². The maximum Gasteiger partial charge on any atom is 0.273 e. The average molecular weight is 425 g/mol. The van der Waals surface area contributed by atoms with E-state index in [4.69, 9.17) is 4.52 Å². The van der Waals surface area contributed by atoms with Crippen molar-refractivity contribution in [3.63, 3.8) is 0 Å². The van der Waals surface area contributed by atoms with Gasteiger partial charge in [0.1, 0.15) is 5.76 Å². The molecule has 0 unspecified atom stereocenters. The first-order valence-electron chi connectivity index (χ1n) is 10.9. The van der Waals surface area contributed by atoms with Crippen LogP contribution in [0, 0.1) is 5.92 Å². The summed E-state index contributed by atoms with van der Waals surface area (Å²) in [4.78, 5) is 12.4. The first-order valence-corrected chi connectivity index (χ1v) is 12.5. The number of carbonyl (C=O) groups is 1. The van der Waals surface area contributed by atoms with Gasteiger partial charge in [-0.2, -0.15) is 4.31 Å². The van der Waals surface area contributed by atoms with Gasteiger partial charge in [-0.25, -0.2) is 8.42 Å². The Kier molecular flexibility index (Phi) is 6.27. The van der Waals surface area contributed by atoms with Crippen LogP contribution in [0.2, 0.25) is 0 Å². The number of amides is 1. The van der Waals surface area contributed by atoms with E-state index in [-0.39, 0.29) is 23.7 Å². The number of nitrogens with one attached hydrogen (secondary N) is 2. The number of carbonyl (C=O) groups excluding carboxylic acids is 1. The zero-order chi connectivity index (χ0) is 20.4. The molecule has 3 fully saturated rings. The Morgan fingerprint density at radius 2 is 2.07 bits per heavy atom. The predicted molar refractivity (Wildman–Crippen MR) is 109 cm³/mol. The van der Waals surface area contributed by atoms with Crippen LogP contribution in [-0.4, -0.2) is 61.3 Å². The molecule has 3 aliphatic rings. The highest BCUT2D eigenvalue weighted by atomic mass is 32.2. The molecule has 1 saturated heterocycles. The number of hydrogen-bond acceptors (Lipinski definition) is 6. The minimum Gasteiger partial charge on any atom is -0.360 e. The van der Waals surface area contributed by atoms with Crippen molar-refractivity contribution in [1.29, 1.82) is 0 Å². The van der Waals surface area contributed by atoms with E-state index in [2.05, 4.69) is 15.8 Å². The third kappa shape index (κ3) is 5.58. The molecule has 8 nitrogen and oxygen atoms in total. The van der Waals surface area contributed by atoms with Crippen LogP contribution in [0.1, 0.15) is 74.0 Å². The smallest absolute Gasteiger partial charge is 0.273 e. The van der Waals surface area contributed by atoms with Crippen molar-refractivity contribution in [2.75, 3.05) is 25.4 Å². The van der Waals surface area contributed by atoms with E-state index < -0.39 is 10.0 Å². The van der Waals surface area contributed by atoms with Gasteiger partial charge in [-0.05, 0) is 70.9 Å². The van der Waals surface area contributed by atoms with E-state index in [1.54, 1.807) is 10.4 Å². The van der Waals surface area contributed by atoms with Gasteiger partial charge in [-0.1, -0.05) is 5.16 Å². The molecule has 29 heavy (non-hydrogen) atoms. The molecule has 1 aromatic heterocycles. The van der Waals surface area contributed by atoms with Gasteiger partial charge in [0.05, 0.1) is 5.75 Å². The Labute approximate surface area is 172 Å². The monoisotopic (exact) mass is 424 g/mol. The summed E-state index contributed by atoms with van der Waals surface area (Å²) in [7, 11) is -3.27. The SMILES string of the molecule is C[C@H]1C[C@@H](NC(=O)c2cc(C3CC3)on2)CCN1S(=O)(=O)CCCNCC1CC1. The largest absolute Gasteiger partial charge is 0.360 e. The van der Waals surface area contributed by atoms with E-state index in [0.29, 0.717) is 37.4 Å². The van der Waals surface area contributed by atoms with Crippen LogP contribution in [0.3, 0.4) is 0 Å². The standard InChI is InChI=1S/C20H32N4O4S/c1-14-11-17(22-20(25)18-12-19(28-23-18)16-5-6-16)7-9-24(14)29(26,27)10-2-8-21-13-15-3-4-15/h12,14-17,21H,2-11,13H2,1H3,(H,22,25)/t14-,17-/m0/s1. The van der Waals surface area contributed by atoms with Gasteiger partial charge in [-0.3, -0.25) is 4.79 Å². The fourth-order valence-corrected chi connectivity index (χ4v) is 5.80. The fourth-order valence-electron chi connectivity index (χ4n) is 4.04. The zero-order valence-electron chi connectivity index (χ0n) is 17.1. The van der Waals surface area contributed by atoms with Crippen LogP contribution in [0.25, 0.3) is 0 Å². The highest BCUT2D eigenvalue weighted by molar-refractivity contribution is 7.89. The van der Waals surface area contributed by atoms with Gasteiger partial charge in [0.2, 0.25) is 10.0 Å². The number of rotatable bonds is 10. The quantitative estimate of drug-likeness (QED) is 0.556. The van der Waals surface area contributed by atoms with Crippen molar-refractivity contribution in [3.05, 3.63) is 17.5 Å². The van der Waals surface area contributed by atoms with Crippen molar-refractivity contribution < 1.29 is 17.7 Å². The molecule has 0 aromatic carbocycles. The lowest BCUT2D eigenvalue weighted by Gasteiger charge is -2.36. The molecule has 4 rings (SSSR count). The van der Waals surface area contributed by atoms with Gasteiger partial charge in [0.15, 0.2) is 5.69 Å². The molecule has 2 heterocycles. The second kappa shape index (κ2) is 8.73. The summed E-state index contributed by atoms with van der Waals surface area (Å²) in [6, 6.07) is 1.55. The van der Waals surface area contributed by atoms with Crippen LogP contribution < -0.4 is 10.6 Å². The van der Waals surface area contributed by atoms with Crippen molar-refractivity contribution >= 4 is 15.9 Å². The second-order valence-electron chi connectivity index (χ2n) is 8.86. The number of hydrogen-bond donors (Lipinski definition) is 2. The van der Waals surface area contributed by atoms with Gasteiger partial charge >= 0.3 is 0 Å². The lowest BCUT2D eigenvalue weighted by Crippen LogP contribution is -2.51. The normalized spacial score (nSPS) is 25.8. The van der Waals surface area contributed by atoms with E-state index in [1.807, 2.05) is 6.92 Å². The molecule has 1 amide bonds. The lowest BCUT2D eigenvalue weighted by atomic mass is 10.0. The first kappa shape index (κ1) is 20.8. The van der Waals surface area contributed by atoms with E-state index >= 15 is 0 Å². The molecule has 0 bridgehead atoms. The van der Waals surface area contributed by atoms with Crippen LogP contribution >= 0.6 is 0 Å². The Balaban J connectivity index is 1.21. The minimum absolute atomic E-state index is 0.0507. The van der Waals surface area contributed by atoms with E-state index in [1.165, 1.54) is 12.8 Å². The molecule has 1 aromatic rings. The summed E-state index contributed by atoms with van der Waals surface area (Å²) >= 11 is 0. The van der Waals surface area contributed by atoms with Gasteiger partial charge in [0, 0.05) is 30.6 Å². The molecule has 9 heteroatoms. The Morgan fingerprint density at radius 3 is 2.76 bits per heavy atom. The maximum atomic E-state index is 12.7. The number of piperidine rings is 1. The molecule has 2 aliphatic carbocycles. The molecule has 162 valence electrons. The van der Waals surface area contributed by atoms with Crippen molar-refractivity contribution in [1.82, 2.24) is 20.1 Å². The average Bonchev–Trinajstić information content (AvgIpc) is 3.61. The van der Waals surface area contributed by atoms with Gasteiger partial charge in [-0.15, -0.1) is 0 Å². The van der Waals surface area contributed by atoms with Crippen LogP contribution in [0.5, 0.6) is 0 Å². The van der Waals surface area contributed by atoms with Crippen molar-refractivity contribution in [2.24, 2.45) is 5.92 Å². The van der Waals surface area contributed by atoms with Crippen LogP contribution in [-0.2, 0) is 10.0 Å². The summed E-state index contributed by atoms with van der Waals surface area (Å²) in [6.45, 7) is 4.12. The summed E-state index contributed by atoms with van der Waals surface area (Å²) in [5.41, 5.74) is 0.313. The highest BCUT2D eigenvalue weighted by Gasteiger charge is 2.34. The summed E-state index contributed by atoms with van der Waals surface area (Å²) in [5.74, 6) is 1.95. The van der Waals surface area contributed by atoms with E-state index in [0.717, 1.165) is 37.6 Å². The topological polar surface area (TPSA) is 105 Å². The lowest BCUT2D eigenvalue weighted by molar-refractivity contribution is 0.0905. The van der Waals surface area contributed by atoms with Crippen molar-refractivity contribution in [3.8, 4) is 0 Å². The van der Waals surface area contributed by atoms with Gasteiger partial charge < -0.3 is 15.2 Å². The molecule has 0 radical (unpaired) electrons. The predicted octanol–water partition coefficient (Wildman–Crippen LogP) is 1.85. The first-order chi connectivity index (χ1) is 13.9. The highest BCUT2D eigenvalue weighted by Crippen LogP contribution is 2.40. The van der Waals surface area contributed by atoms with Crippen LogP contribution in [0.4, 0.5) is 0 Å². The summed E-state index contributed by atoms with van der Waals surface area (Å²) in [6.07, 6.45) is 6.64. The Bertz CT molecular complexity index is 816. The van der Waals surface area contributed by atoms with E-state index in [9.17, 15) is 13.2 Å². The molecule has 0 spiro atoms. The Morgan fingerprint density at radius 1 is 1.28 bits per heavy atom. The van der Waals surface area contributed by atoms with Gasteiger partial charge in [0.25, 0.3) is 5.91 Å². The number of sulfonamides is 1. The fraction of sp³-hybridized carbons (Fsp3) is 0.800. The minimum atomic E-state index is -3.27. The molecular formula is C20H32N4O4S. The molecule has 2 atom stereocenters. The zero-order valence-corrected chi connectivity index (χ0v) is 17.9.